The molecule has 39 heavy (non-hydrogen) atoms. The van der Waals surface area contributed by atoms with E-state index in [4.69, 9.17) is 14.2 Å². The summed E-state index contributed by atoms with van der Waals surface area (Å²) in [5.41, 5.74) is 1.03. The number of nitrogens with one attached hydrogen (secondary N) is 2. The lowest BCUT2D eigenvalue weighted by Crippen LogP contribution is -2.19. The van der Waals surface area contributed by atoms with Gasteiger partial charge in [0, 0.05) is 33.2 Å². The molecule has 2 N–H and O–H groups in total. The van der Waals surface area contributed by atoms with Crippen LogP contribution in [-0.2, 0) is 28.9 Å². The number of carbonyl (C=O) groups excluding carboxylic acids is 1. The Labute approximate surface area is 225 Å². The highest BCUT2D eigenvalue weighted by Gasteiger charge is 2.22. The molecule has 0 atom stereocenters. The first-order valence-electron chi connectivity index (χ1n) is 11.7. The van der Waals surface area contributed by atoms with Gasteiger partial charge in [0.1, 0.15) is 23.9 Å². The number of sulfonamides is 1. The standard InChI is InChI=1S/C27H28N4O7S/c1-6-12-37-18-8-7-9-19(13-18)38-26-16-24-23(30(3)27(33)31(24)4)15-22(26)29-39(34,35)20-10-11-25(36-5)21(14-20)28-17(2)32/h6-11,13-16,29H,1,12H2,2-5H3,(H,28,32). The molecule has 0 fully saturated rings. The summed E-state index contributed by atoms with van der Waals surface area (Å²) in [7, 11) is 0.431. The van der Waals surface area contributed by atoms with E-state index >= 15 is 0 Å². The van der Waals surface area contributed by atoms with E-state index in [0.29, 0.717) is 34.9 Å². The highest BCUT2D eigenvalue weighted by Crippen LogP contribution is 2.36. The van der Waals surface area contributed by atoms with Gasteiger partial charge in [0.2, 0.25) is 5.91 Å². The van der Waals surface area contributed by atoms with Crippen molar-refractivity contribution in [2.24, 2.45) is 14.1 Å². The van der Waals surface area contributed by atoms with Crippen LogP contribution in [-0.4, -0.2) is 37.2 Å². The molecule has 1 heterocycles. The van der Waals surface area contributed by atoms with Crippen molar-refractivity contribution in [2.75, 3.05) is 23.8 Å². The quantitative estimate of drug-likeness (QED) is 0.285. The van der Waals surface area contributed by atoms with E-state index in [1.54, 1.807) is 50.5 Å². The fourth-order valence-corrected chi connectivity index (χ4v) is 5.03. The number of ether oxygens (including phenoxy) is 3. The predicted molar refractivity (Wildman–Crippen MR) is 148 cm³/mol. The fraction of sp³-hybridized carbons (Fsp3) is 0.185. The van der Waals surface area contributed by atoms with Crippen LogP contribution in [0.1, 0.15) is 6.92 Å². The minimum atomic E-state index is -4.18. The topological polar surface area (TPSA) is 130 Å². The largest absolute Gasteiger partial charge is 0.495 e. The number of amides is 1. The first kappa shape index (κ1) is 27.3. The number of aromatic nitrogens is 2. The number of benzene rings is 3. The van der Waals surface area contributed by atoms with Gasteiger partial charge >= 0.3 is 5.69 Å². The van der Waals surface area contributed by atoms with Crippen molar-refractivity contribution in [1.82, 2.24) is 9.13 Å². The van der Waals surface area contributed by atoms with Gasteiger partial charge in [-0.3, -0.25) is 18.7 Å². The van der Waals surface area contributed by atoms with Gasteiger partial charge < -0.3 is 19.5 Å². The van der Waals surface area contributed by atoms with E-state index in [1.165, 1.54) is 47.4 Å². The highest BCUT2D eigenvalue weighted by molar-refractivity contribution is 7.92. The monoisotopic (exact) mass is 552 g/mol. The molecule has 12 heteroatoms. The van der Waals surface area contributed by atoms with Crippen LogP contribution in [0, 0.1) is 0 Å². The first-order chi connectivity index (χ1) is 18.5. The van der Waals surface area contributed by atoms with Gasteiger partial charge in [0.05, 0.1) is 34.4 Å². The number of methoxy groups -OCH3 is 1. The summed E-state index contributed by atoms with van der Waals surface area (Å²) in [5.74, 6) is 0.985. The summed E-state index contributed by atoms with van der Waals surface area (Å²) in [6.07, 6.45) is 1.61. The van der Waals surface area contributed by atoms with Crippen molar-refractivity contribution in [3.8, 4) is 23.0 Å². The molecule has 0 aliphatic carbocycles. The van der Waals surface area contributed by atoms with Gasteiger partial charge in [-0.05, 0) is 36.4 Å². The Hall–Kier alpha value is -4.71. The molecule has 1 aromatic heterocycles. The summed E-state index contributed by atoms with van der Waals surface area (Å²) < 4.78 is 49.3. The molecule has 1 amide bonds. The lowest BCUT2D eigenvalue weighted by molar-refractivity contribution is -0.114. The Morgan fingerprint density at radius 2 is 1.67 bits per heavy atom. The van der Waals surface area contributed by atoms with Crippen LogP contribution in [0.2, 0.25) is 0 Å². The van der Waals surface area contributed by atoms with Crippen molar-refractivity contribution in [1.29, 1.82) is 0 Å². The maximum atomic E-state index is 13.5. The maximum Gasteiger partial charge on any atom is 0.328 e. The van der Waals surface area contributed by atoms with E-state index < -0.39 is 10.0 Å². The van der Waals surface area contributed by atoms with Crippen LogP contribution in [0.4, 0.5) is 11.4 Å². The zero-order valence-electron chi connectivity index (χ0n) is 21.8. The lowest BCUT2D eigenvalue weighted by atomic mass is 10.2. The summed E-state index contributed by atoms with van der Waals surface area (Å²) in [5, 5.41) is 2.57. The van der Waals surface area contributed by atoms with E-state index in [9.17, 15) is 18.0 Å². The van der Waals surface area contributed by atoms with Crippen LogP contribution in [0.5, 0.6) is 23.0 Å². The maximum absolute atomic E-state index is 13.5. The molecule has 11 nitrogen and oxygen atoms in total. The molecule has 4 aromatic rings. The smallest absolute Gasteiger partial charge is 0.328 e. The van der Waals surface area contributed by atoms with E-state index in [0.717, 1.165) is 0 Å². The Kier molecular flexibility index (Phi) is 7.68. The number of fused-ring (bicyclic) bond motifs is 1. The molecule has 0 saturated carbocycles. The summed E-state index contributed by atoms with van der Waals surface area (Å²) in [6, 6.07) is 14.0. The van der Waals surface area contributed by atoms with Gasteiger partial charge in [-0.2, -0.15) is 0 Å². The molecule has 0 aliphatic heterocycles. The number of hydrogen-bond acceptors (Lipinski definition) is 7. The normalized spacial score (nSPS) is 11.2. The zero-order valence-corrected chi connectivity index (χ0v) is 22.7. The molecule has 0 bridgehead atoms. The zero-order chi connectivity index (χ0) is 28.3. The van der Waals surface area contributed by atoms with Gasteiger partial charge in [-0.15, -0.1) is 0 Å². The second kappa shape index (κ2) is 11.0. The number of nitrogens with zero attached hydrogens (tertiary/aromatic N) is 2. The summed E-state index contributed by atoms with van der Waals surface area (Å²) in [6.45, 7) is 5.24. The van der Waals surface area contributed by atoms with Crippen molar-refractivity contribution < 1.29 is 27.4 Å². The summed E-state index contributed by atoms with van der Waals surface area (Å²) >= 11 is 0. The molecule has 0 aliphatic rings. The van der Waals surface area contributed by atoms with Crippen LogP contribution >= 0.6 is 0 Å². The number of aryl methyl sites for hydroxylation is 2. The van der Waals surface area contributed by atoms with Gasteiger partial charge in [-0.1, -0.05) is 18.7 Å². The van der Waals surface area contributed by atoms with Gasteiger partial charge in [0.25, 0.3) is 10.0 Å². The number of rotatable bonds is 10. The van der Waals surface area contributed by atoms with Crippen LogP contribution in [0.3, 0.4) is 0 Å². The van der Waals surface area contributed by atoms with Gasteiger partial charge in [-0.25, -0.2) is 13.2 Å². The minimum Gasteiger partial charge on any atom is -0.495 e. The lowest BCUT2D eigenvalue weighted by Gasteiger charge is -2.16. The van der Waals surface area contributed by atoms with Gasteiger partial charge in [0.15, 0.2) is 5.75 Å². The van der Waals surface area contributed by atoms with E-state index in [-0.39, 0.29) is 33.6 Å². The molecular weight excluding hydrogens is 524 g/mol. The Morgan fingerprint density at radius 3 is 2.33 bits per heavy atom. The molecule has 4 rings (SSSR count). The SMILES string of the molecule is C=CCOc1cccc(Oc2cc3c(cc2NS(=O)(=O)c2ccc(OC)c(NC(C)=O)c2)n(C)c(=O)n3C)c1. The molecule has 0 spiro atoms. The molecule has 0 saturated heterocycles. The van der Waals surface area contributed by atoms with Crippen LogP contribution < -0.4 is 29.9 Å². The fourth-order valence-electron chi connectivity index (χ4n) is 3.95. The Bertz CT molecular complexity index is 1740. The van der Waals surface area contributed by atoms with Crippen molar-refractivity contribution in [2.45, 2.75) is 11.8 Å². The molecule has 0 radical (unpaired) electrons. The van der Waals surface area contributed by atoms with E-state index in [1.807, 2.05) is 0 Å². The van der Waals surface area contributed by atoms with Crippen LogP contribution in [0.15, 0.2) is 76.9 Å². The number of anilines is 2. The Morgan fingerprint density at radius 1 is 0.974 bits per heavy atom. The number of imidazole rings is 1. The minimum absolute atomic E-state index is 0.0954. The number of carbonyl (C=O) groups is 1. The van der Waals surface area contributed by atoms with Crippen LogP contribution in [0.25, 0.3) is 11.0 Å². The highest BCUT2D eigenvalue weighted by atomic mass is 32.2. The second-order valence-electron chi connectivity index (χ2n) is 8.56. The predicted octanol–water partition coefficient (Wildman–Crippen LogP) is 4.00. The third-order valence-electron chi connectivity index (χ3n) is 5.81. The third kappa shape index (κ3) is 5.75. The van der Waals surface area contributed by atoms with Crippen molar-refractivity contribution in [3.05, 3.63) is 77.7 Å². The summed E-state index contributed by atoms with van der Waals surface area (Å²) in [4.78, 5) is 24.1. The first-order valence-corrected chi connectivity index (χ1v) is 13.2. The molecule has 3 aromatic carbocycles. The van der Waals surface area contributed by atoms with Crippen molar-refractivity contribution in [3.63, 3.8) is 0 Å². The van der Waals surface area contributed by atoms with E-state index in [2.05, 4.69) is 16.6 Å². The third-order valence-corrected chi connectivity index (χ3v) is 7.17. The average molecular weight is 553 g/mol. The average Bonchev–Trinajstić information content (AvgIpc) is 3.10. The number of hydrogen-bond donors (Lipinski definition) is 2. The second-order valence-corrected chi connectivity index (χ2v) is 10.2. The molecular formula is C27H28N4O7S. The molecule has 204 valence electrons. The van der Waals surface area contributed by atoms with Crippen molar-refractivity contribution >= 4 is 38.3 Å². The molecule has 0 unspecified atom stereocenters. The Balaban J connectivity index is 1.80.